The number of nitrogens with zero attached hydrogens (tertiary/aromatic N) is 5. The monoisotopic (exact) mass is 454 g/mol. The summed E-state index contributed by atoms with van der Waals surface area (Å²) in [6.45, 7) is 5.69. The van der Waals surface area contributed by atoms with Gasteiger partial charge in [-0.3, -0.25) is 4.79 Å². The second-order valence-electron chi connectivity index (χ2n) is 8.42. The maximum absolute atomic E-state index is 12.1. The Morgan fingerprint density at radius 2 is 1.88 bits per heavy atom. The van der Waals surface area contributed by atoms with Gasteiger partial charge >= 0.3 is 0 Å². The number of anilines is 1. The number of aromatic nitrogens is 4. The minimum Gasteiger partial charge on any atom is -0.457 e. The Morgan fingerprint density at radius 1 is 1.12 bits per heavy atom. The van der Waals surface area contributed by atoms with Crippen LogP contribution in [0.15, 0.2) is 73.6 Å². The van der Waals surface area contributed by atoms with Gasteiger partial charge in [0.15, 0.2) is 5.65 Å². The summed E-state index contributed by atoms with van der Waals surface area (Å²) in [5, 5.41) is 5.62. The molecule has 2 aromatic heterocycles. The highest BCUT2D eigenvalue weighted by atomic mass is 16.5. The first kappa shape index (κ1) is 21.6. The minimum absolute atomic E-state index is 0.0277. The number of hydrogen-bond donors (Lipinski definition) is 1. The van der Waals surface area contributed by atoms with E-state index in [0.29, 0.717) is 24.6 Å². The van der Waals surface area contributed by atoms with Crippen molar-refractivity contribution in [2.75, 3.05) is 18.8 Å². The number of hydrogen-bond acceptors (Lipinski definition) is 6. The van der Waals surface area contributed by atoms with Crippen molar-refractivity contribution in [2.45, 2.75) is 19.4 Å². The van der Waals surface area contributed by atoms with Gasteiger partial charge in [-0.05, 0) is 61.2 Å². The quantitative estimate of drug-likeness (QED) is 0.436. The second kappa shape index (κ2) is 9.35. The van der Waals surface area contributed by atoms with Crippen LogP contribution in [0.1, 0.15) is 12.8 Å². The number of benzene rings is 2. The van der Waals surface area contributed by atoms with Gasteiger partial charge in [-0.25, -0.2) is 14.6 Å². The molecule has 0 spiro atoms. The fraction of sp³-hybridized carbons (Fsp3) is 0.231. The summed E-state index contributed by atoms with van der Waals surface area (Å²) in [4.78, 5) is 22.6. The lowest BCUT2D eigenvalue weighted by molar-refractivity contribution is -0.127. The molecule has 0 aliphatic carbocycles. The number of carbonyl (C=O) groups excluding carboxylic acids is 1. The molecular weight excluding hydrogens is 428 g/mol. The van der Waals surface area contributed by atoms with E-state index in [2.05, 4.69) is 16.5 Å². The number of nitrogens with two attached hydrogens (primary N) is 1. The van der Waals surface area contributed by atoms with Crippen molar-refractivity contribution in [3.63, 3.8) is 0 Å². The number of piperidine rings is 1. The molecule has 1 atom stereocenters. The van der Waals surface area contributed by atoms with E-state index in [0.717, 1.165) is 47.5 Å². The molecule has 0 radical (unpaired) electrons. The first-order chi connectivity index (χ1) is 16.6. The molecule has 5 rings (SSSR count). The molecule has 1 amide bonds. The lowest BCUT2D eigenvalue weighted by Gasteiger charge is -2.32. The zero-order chi connectivity index (χ0) is 23.5. The number of para-hydroxylation sites is 1. The predicted octanol–water partition coefficient (Wildman–Crippen LogP) is 4.29. The summed E-state index contributed by atoms with van der Waals surface area (Å²) in [5.74, 6) is 2.14. The Bertz CT molecular complexity index is 1320. The molecule has 34 heavy (non-hydrogen) atoms. The van der Waals surface area contributed by atoms with Gasteiger partial charge in [0, 0.05) is 25.2 Å². The van der Waals surface area contributed by atoms with Crippen LogP contribution >= 0.6 is 0 Å². The highest BCUT2D eigenvalue weighted by molar-refractivity contribution is 5.98. The summed E-state index contributed by atoms with van der Waals surface area (Å²) >= 11 is 0. The Labute approximate surface area is 197 Å². The van der Waals surface area contributed by atoms with Gasteiger partial charge in [-0.15, -0.1) is 0 Å². The summed E-state index contributed by atoms with van der Waals surface area (Å²) in [6.07, 6.45) is 4.81. The standard InChI is InChI=1S/C26H26N6O2/c1-2-22(33)31-14-6-7-18(15-31)16-32-26-23(25(27)28-17-29-26)24(30-32)19-10-12-21(13-11-19)34-20-8-4-3-5-9-20/h2-5,8-13,17-18H,1,6-7,14-16H2,(H2,27,28,29)/t18-/m1/s1. The van der Waals surface area contributed by atoms with Crippen LogP contribution in [0.5, 0.6) is 11.5 Å². The molecule has 0 saturated carbocycles. The fourth-order valence-electron chi connectivity index (χ4n) is 4.45. The van der Waals surface area contributed by atoms with Gasteiger partial charge in [0.1, 0.15) is 29.3 Å². The van der Waals surface area contributed by atoms with E-state index in [4.69, 9.17) is 15.6 Å². The summed E-state index contributed by atoms with van der Waals surface area (Å²) in [5.41, 5.74) is 8.58. The van der Waals surface area contributed by atoms with E-state index in [1.807, 2.05) is 64.2 Å². The Hall–Kier alpha value is -4.20. The molecule has 4 aromatic rings. The average molecular weight is 455 g/mol. The number of likely N-dealkylation sites (tertiary alicyclic amines) is 1. The van der Waals surface area contributed by atoms with Crippen LogP contribution in [0.2, 0.25) is 0 Å². The maximum atomic E-state index is 12.1. The van der Waals surface area contributed by atoms with Crippen LogP contribution < -0.4 is 10.5 Å². The first-order valence-corrected chi connectivity index (χ1v) is 11.3. The number of nitrogen functional groups attached to an aromatic ring is 1. The normalized spacial score (nSPS) is 15.9. The number of fused-ring (bicyclic) bond motifs is 1. The van der Waals surface area contributed by atoms with Gasteiger partial charge in [0.2, 0.25) is 5.91 Å². The third kappa shape index (κ3) is 4.34. The molecule has 0 unspecified atom stereocenters. The highest BCUT2D eigenvalue weighted by Crippen LogP contribution is 2.33. The van der Waals surface area contributed by atoms with Crippen molar-refractivity contribution in [3.8, 4) is 22.8 Å². The minimum atomic E-state index is -0.0277. The molecule has 172 valence electrons. The molecule has 1 fully saturated rings. The zero-order valence-corrected chi connectivity index (χ0v) is 18.8. The van der Waals surface area contributed by atoms with Gasteiger partial charge in [-0.2, -0.15) is 5.10 Å². The number of rotatable bonds is 6. The Balaban J connectivity index is 1.43. The van der Waals surface area contributed by atoms with Crippen molar-refractivity contribution in [3.05, 3.63) is 73.6 Å². The van der Waals surface area contributed by atoms with E-state index in [1.54, 1.807) is 0 Å². The van der Waals surface area contributed by atoms with E-state index in [-0.39, 0.29) is 11.8 Å². The summed E-state index contributed by atoms with van der Waals surface area (Å²) in [7, 11) is 0. The molecular formula is C26H26N6O2. The van der Waals surface area contributed by atoms with Crippen molar-refractivity contribution < 1.29 is 9.53 Å². The molecule has 0 bridgehead atoms. The Morgan fingerprint density at radius 3 is 2.65 bits per heavy atom. The van der Waals surface area contributed by atoms with Gasteiger partial charge in [-0.1, -0.05) is 24.8 Å². The largest absolute Gasteiger partial charge is 0.457 e. The smallest absolute Gasteiger partial charge is 0.245 e. The number of amides is 1. The van der Waals surface area contributed by atoms with Crippen molar-refractivity contribution in [2.24, 2.45) is 5.92 Å². The molecule has 8 heteroatoms. The molecule has 8 nitrogen and oxygen atoms in total. The van der Waals surface area contributed by atoms with Crippen molar-refractivity contribution in [1.82, 2.24) is 24.6 Å². The van der Waals surface area contributed by atoms with E-state index < -0.39 is 0 Å². The predicted molar refractivity (Wildman–Crippen MR) is 131 cm³/mol. The van der Waals surface area contributed by atoms with Crippen LogP contribution in [0.3, 0.4) is 0 Å². The number of ether oxygens (including phenoxy) is 1. The SMILES string of the molecule is C=CC(=O)N1CCC[C@@H](Cn2nc(-c3ccc(Oc4ccccc4)cc3)c3c(N)ncnc32)C1. The molecule has 1 aliphatic rings. The molecule has 2 aromatic carbocycles. The lowest BCUT2D eigenvalue weighted by atomic mass is 9.98. The van der Waals surface area contributed by atoms with Crippen molar-refractivity contribution >= 4 is 22.8 Å². The summed E-state index contributed by atoms with van der Waals surface area (Å²) in [6, 6.07) is 17.4. The fourth-order valence-corrected chi connectivity index (χ4v) is 4.45. The Kier molecular flexibility index (Phi) is 5.95. The molecule has 3 heterocycles. The van der Waals surface area contributed by atoms with Gasteiger partial charge in [0.25, 0.3) is 0 Å². The van der Waals surface area contributed by atoms with Gasteiger partial charge < -0.3 is 15.4 Å². The van der Waals surface area contributed by atoms with Crippen LogP contribution in [-0.2, 0) is 11.3 Å². The van der Waals surface area contributed by atoms with Crippen LogP contribution in [0.4, 0.5) is 5.82 Å². The molecule has 2 N–H and O–H groups in total. The maximum Gasteiger partial charge on any atom is 0.245 e. The van der Waals surface area contributed by atoms with Crippen LogP contribution in [0.25, 0.3) is 22.3 Å². The van der Waals surface area contributed by atoms with E-state index in [9.17, 15) is 4.79 Å². The summed E-state index contributed by atoms with van der Waals surface area (Å²) < 4.78 is 7.80. The van der Waals surface area contributed by atoms with Crippen LogP contribution in [-0.4, -0.2) is 43.6 Å². The van der Waals surface area contributed by atoms with Gasteiger partial charge in [0.05, 0.1) is 5.39 Å². The molecule has 1 saturated heterocycles. The van der Waals surface area contributed by atoms with E-state index in [1.165, 1.54) is 12.4 Å². The number of carbonyl (C=O) groups is 1. The lowest BCUT2D eigenvalue weighted by Crippen LogP contribution is -2.40. The van der Waals surface area contributed by atoms with E-state index >= 15 is 0 Å². The second-order valence-corrected chi connectivity index (χ2v) is 8.42. The zero-order valence-electron chi connectivity index (χ0n) is 18.8. The average Bonchev–Trinajstić information content (AvgIpc) is 3.24. The molecule has 1 aliphatic heterocycles. The third-order valence-corrected chi connectivity index (χ3v) is 6.10. The first-order valence-electron chi connectivity index (χ1n) is 11.3. The van der Waals surface area contributed by atoms with Crippen molar-refractivity contribution in [1.29, 1.82) is 0 Å². The highest BCUT2D eigenvalue weighted by Gasteiger charge is 2.25. The topological polar surface area (TPSA) is 99.2 Å². The third-order valence-electron chi connectivity index (χ3n) is 6.10. The van der Waals surface area contributed by atoms with Crippen LogP contribution in [0, 0.1) is 5.92 Å².